The van der Waals surface area contributed by atoms with E-state index in [2.05, 4.69) is 114 Å². The Morgan fingerprint density at radius 2 is 1.13 bits per heavy atom. The summed E-state index contributed by atoms with van der Waals surface area (Å²) in [6, 6.07) is 38.7. The zero-order valence-corrected chi connectivity index (χ0v) is 16.8. The summed E-state index contributed by atoms with van der Waals surface area (Å²) in [5.41, 5.74) is 4.46. The van der Waals surface area contributed by atoms with Crippen molar-refractivity contribution in [1.82, 2.24) is 9.55 Å². The summed E-state index contributed by atoms with van der Waals surface area (Å²) in [4.78, 5) is 5.27. The molecule has 0 aliphatic carbocycles. The van der Waals surface area contributed by atoms with Crippen LogP contribution in [-0.4, -0.2) is 9.55 Å². The van der Waals surface area contributed by atoms with Gasteiger partial charge in [0.2, 0.25) is 0 Å². The van der Waals surface area contributed by atoms with Crippen LogP contribution < -0.4 is 0 Å². The molecular formula is C29H18N2. The second-order valence-electron chi connectivity index (χ2n) is 8.04. The summed E-state index contributed by atoms with van der Waals surface area (Å²) in [6.45, 7) is 0. The molecule has 0 aliphatic heterocycles. The first kappa shape index (κ1) is 16.6. The fourth-order valence-corrected chi connectivity index (χ4v) is 5.02. The van der Waals surface area contributed by atoms with Crippen LogP contribution in [0.1, 0.15) is 0 Å². The van der Waals surface area contributed by atoms with Gasteiger partial charge in [0.1, 0.15) is 5.82 Å². The van der Waals surface area contributed by atoms with Gasteiger partial charge in [0.05, 0.1) is 11.0 Å². The molecule has 0 unspecified atom stereocenters. The van der Waals surface area contributed by atoms with E-state index in [-0.39, 0.29) is 0 Å². The fraction of sp³-hybridized carbons (Fsp3) is 0. The van der Waals surface area contributed by atoms with Crippen molar-refractivity contribution in [2.45, 2.75) is 0 Å². The third kappa shape index (κ3) is 2.25. The van der Waals surface area contributed by atoms with E-state index < -0.39 is 0 Å². The minimum atomic E-state index is 0.971. The predicted molar refractivity (Wildman–Crippen MR) is 130 cm³/mol. The zero-order chi connectivity index (χ0) is 20.4. The topological polar surface area (TPSA) is 17.8 Å². The molecule has 31 heavy (non-hydrogen) atoms. The third-order valence-electron chi connectivity index (χ3n) is 6.32. The zero-order valence-electron chi connectivity index (χ0n) is 16.8. The molecule has 0 N–H and O–H groups in total. The molecule has 0 saturated heterocycles. The molecule has 1 aromatic heterocycles. The standard InChI is InChI=1S/C29H18N2/c1-3-9-21(10-4-1)29-30-27-23-15-7-11-19-17-18-20-12-8-16-24(26(20)25(19)23)28(27)31(29)22-13-5-2-6-14-22/h1-18H. The molecule has 6 aromatic carbocycles. The van der Waals surface area contributed by atoms with Gasteiger partial charge >= 0.3 is 0 Å². The first-order chi connectivity index (χ1) is 15.4. The minimum absolute atomic E-state index is 0.971. The molecule has 0 spiro atoms. The van der Waals surface area contributed by atoms with Crippen LogP contribution in [0.5, 0.6) is 0 Å². The third-order valence-corrected chi connectivity index (χ3v) is 6.32. The molecule has 2 heteroatoms. The van der Waals surface area contributed by atoms with Crippen LogP contribution in [0.2, 0.25) is 0 Å². The second kappa shape index (κ2) is 6.16. The molecule has 0 amide bonds. The molecule has 1 heterocycles. The maximum Gasteiger partial charge on any atom is 0.145 e. The van der Waals surface area contributed by atoms with E-state index in [1.807, 2.05) is 0 Å². The van der Waals surface area contributed by atoms with Gasteiger partial charge in [-0.2, -0.15) is 0 Å². The fourth-order valence-electron chi connectivity index (χ4n) is 5.02. The summed E-state index contributed by atoms with van der Waals surface area (Å²) in [5.74, 6) is 0.971. The molecule has 144 valence electrons. The van der Waals surface area contributed by atoms with Crippen molar-refractivity contribution in [2.24, 2.45) is 0 Å². The van der Waals surface area contributed by atoms with Crippen LogP contribution in [0.25, 0.3) is 60.4 Å². The molecule has 0 fully saturated rings. The normalized spacial score (nSPS) is 11.9. The first-order valence-electron chi connectivity index (χ1n) is 10.6. The Kier molecular flexibility index (Phi) is 3.30. The molecule has 0 atom stereocenters. The number of rotatable bonds is 2. The van der Waals surface area contributed by atoms with Crippen LogP contribution in [0, 0.1) is 0 Å². The summed E-state index contributed by atoms with van der Waals surface area (Å²) in [6.07, 6.45) is 0. The van der Waals surface area contributed by atoms with Crippen molar-refractivity contribution in [3.8, 4) is 17.1 Å². The van der Waals surface area contributed by atoms with Gasteiger partial charge in [0, 0.05) is 22.0 Å². The summed E-state index contributed by atoms with van der Waals surface area (Å²) >= 11 is 0. The van der Waals surface area contributed by atoms with Crippen LogP contribution >= 0.6 is 0 Å². The Bertz CT molecular complexity index is 1710. The number of aromatic nitrogens is 2. The van der Waals surface area contributed by atoms with E-state index >= 15 is 0 Å². The number of fused-ring (bicyclic) bond motifs is 3. The average molecular weight is 394 g/mol. The van der Waals surface area contributed by atoms with Gasteiger partial charge in [-0.3, -0.25) is 4.57 Å². The van der Waals surface area contributed by atoms with Crippen molar-refractivity contribution in [3.05, 3.63) is 109 Å². The highest BCUT2D eigenvalue weighted by Crippen LogP contribution is 2.42. The summed E-state index contributed by atoms with van der Waals surface area (Å²) < 4.78 is 2.33. The highest BCUT2D eigenvalue weighted by Gasteiger charge is 2.21. The van der Waals surface area contributed by atoms with Crippen LogP contribution in [0.3, 0.4) is 0 Å². The number of hydrogen-bond donors (Lipinski definition) is 0. The van der Waals surface area contributed by atoms with Crippen LogP contribution in [-0.2, 0) is 0 Å². The van der Waals surface area contributed by atoms with Crippen molar-refractivity contribution in [3.63, 3.8) is 0 Å². The van der Waals surface area contributed by atoms with Crippen molar-refractivity contribution < 1.29 is 0 Å². The van der Waals surface area contributed by atoms with E-state index in [4.69, 9.17) is 4.98 Å². The minimum Gasteiger partial charge on any atom is -0.292 e. The van der Waals surface area contributed by atoms with Gasteiger partial charge in [0.15, 0.2) is 0 Å². The number of benzene rings is 6. The molecule has 0 saturated carbocycles. The number of nitrogens with zero attached hydrogens (tertiary/aromatic N) is 2. The number of imidazole rings is 1. The average Bonchev–Trinajstić information content (AvgIpc) is 3.25. The lowest BCUT2D eigenvalue weighted by Crippen LogP contribution is -1.98. The lowest BCUT2D eigenvalue weighted by Gasteiger charge is -2.14. The van der Waals surface area contributed by atoms with E-state index in [1.54, 1.807) is 0 Å². The van der Waals surface area contributed by atoms with Gasteiger partial charge in [-0.15, -0.1) is 0 Å². The monoisotopic (exact) mass is 394 g/mol. The molecule has 0 bridgehead atoms. The summed E-state index contributed by atoms with van der Waals surface area (Å²) in [7, 11) is 0. The second-order valence-corrected chi connectivity index (χ2v) is 8.04. The van der Waals surface area contributed by atoms with Gasteiger partial charge in [0.25, 0.3) is 0 Å². The molecule has 7 aromatic rings. The van der Waals surface area contributed by atoms with E-state index in [0.29, 0.717) is 0 Å². The first-order valence-corrected chi connectivity index (χ1v) is 10.6. The molecule has 7 rings (SSSR count). The lowest BCUT2D eigenvalue weighted by molar-refractivity contribution is 1.11. The van der Waals surface area contributed by atoms with Crippen molar-refractivity contribution in [1.29, 1.82) is 0 Å². The highest BCUT2D eigenvalue weighted by atomic mass is 15.1. The lowest BCUT2D eigenvalue weighted by atomic mass is 9.93. The maximum absolute atomic E-state index is 5.27. The molecule has 2 nitrogen and oxygen atoms in total. The van der Waals surface area contributed by atoms with E-state index in [1.165, 1.54) is 37.8 Å². The quantitative estimate of drug-likeness (QED) is 0.276. The van der Waals surface area contributed by atoms with Gasteiger partial charge in [-0.25, -0.2) is 4.98 Å². The molecular weight excluding hydrogens is 376 g/mol. The van der Waals surface area contributed by atoms with Crippen LogP contribution in [0.15, 0.2) is 109 Å². The SMILES string of the molecule is c1ccc(-c2nc3c4cccc5ccc6cccc(c6c54)c3n2-c2ccccc2)cc1. The van der Waals surface area contributed by atoms with Gasteiger partial charge in [-0.05, 0) is 33.7 Å². The predicted octanol–water partition coefficient (Wildman–Crippen LogP) is 7.59. The van der Waals surface area contributed by atoms with E-state index in [0.717, 1.165) is 22.6 Å². The Morgan fingerprint density at radius 1 is 0.516 bits per heavy atom. The molecule has 0 radical (unpaired) electrons. The highest BCUT2D eigenvalue weighted by molar-refractivity contribution is 6.32. The van der Waals surface area contributed by atoms with Crippen LogP contribution in [0.4, 0.5) is 0 Å². The Balaban J connectivity index is 1.80. The van der Waals surface area contributed by atoms with E-state index in [9.17, 15) is 0 Å². The van der Waals surface area contributed by atoms with Gasteiger partial charge < -0.3 is 0 Å². The Labute approximate surface area is 179 Å². The smallest absolute Gasteiger partial charge is 0.145 e. The van der Waals surface area contributed by atoms with Crippen molar-refractivity contribution >= 4 is 43.4 Å². The van der Waals surface area contributed by atoms with Crippen molar-refractivity contribution in [2.75, 3.05) is 0 Å². The molecule has 0 aliphatic rings. The Hall–Kier alpha value is -4.17. The number of para-hydroxylation sites is 1. The Morgan fingerprint density at radius 3 is 1.84 bits per heavy atom. The largest absolute Gasteiger partial charge is 0.292 e. The summed E-state index contributed by atoms with van der Waals surface area (Å²) in [5, 5.41) is 7.61. The van der Waals surface area contributed by atoms with Gasteiger partial charge in [-0.1, -0.05) is 97.1 Å². The maximum atomic E-state index is 5.27. The number of hydrogen-bond acceptors (Lipinski definition) is 1.